The van der Waals surface area contributed by atoms with E-state index in [0.717, 1.165) is 24.2 Å². The summed E-state index contributed by atoms with van der Waals surface area (Å²) in [5, 5.41) is 10.3. The van der Waals surface area contributed by atoms with Gasteiger partial charge in [-0.3, -0.25) is 9.89 Å². The van der Waals surface area contributed by atoms with Crippen LogP contribution in [0, 0.1) is 5.82 Å². The molecule has 1 aromatic heterocycles. The standard InChI is InChI=1S/C21H21FN4OS/c22-16-10-12-17(13-11-16)23-20(27)18(14-6-2-1-3-7-14)28-21-24-19(25-26-21)15-8-4-5-9-15/h1-3,6-7,10-13,15,18H,4-5,8-9H2,(H,23,27)(H,24,25,26)/t18-/m0/s1. The number of hydrogen-bond donors (Lipinski definition) is 2. The number of H-pyrrole nitrogens is 1. The van der Waals surface area contributed by atoms with Crippen molar-refractivity contribution in [1.82, 2.24) is 15.2 Å². The molecule has 2 N–H and O–H groups in total. The number of aromatic amines is 1. The maximum absolute atomic E-state index is 13.1. The topological polar surface area (TPSA) is 70.7 Å². The molecule has 4 rings (SSSR count). The summed E-state index contributed by atoms with van der Waals surface area (Å²) < 4.78 is 13.1. The molecule has 144 valence electrons. The first-order valence-electron chi connectivity index (χ1n) is 9.39. The van der Waals surface area contributed by atoms with E-state index in [1.165, 1.54) is 36.7 Å². The normalized spacial score (nSPS) is 15.5. The van der Waals surface area contributed by atoms with Crippen LogP contribution >= 0.6 is 11.8 Å². The SMILES string of the molecule is O=C(Nc1ccc(F)cc1)[C@@H](Sc1n[nH]c(C2CCCC2)n1)c1ccccc1. The second-order valence-electron chi connectivity index (χ2n) is 6.89. The fourth-order valence-electron chi connectivity index (χ4n) is 3.44. The molecule has 1 heterocycles. The largest absolute Gasteiger partial charge is 0.325 e. The Morgan fingerprint density at radius 3 is 2.54 bits per heavy atom. The number of nitrogens with zero attached hydrogens (tertiary/aromatic N) is 2. The minimum absolute atomic E-state index is 0.199. The highest BCUT2D eigenvalue weighted by Crippen LogP contribution is 2.37. The van der Waals surface area contributed by atoms with Crippen molar-refractivity contribution in [3.63, 3.8) is 0 Å². The van der Waals surface area contributed by atoms with Crippen LogP contribution in [-0.2, 0) is 4.79 Å². The smallest absolute Gasteiger partial charge is 0.242 e. The van der Waals surface area contributed by atoms with Crippen LogP contribution in [0.5, 0.6) is 0 Å². The third-order valence-electron chi connectivity index (χ3n) is 4.90. The fraction of sp³-hybridized carbons (Fsp3) is 0.286. The van der Waals surface area contributed by atoms with Crippen molar-refractivity contribution < 1.29 is 9.18 Å². The van der Waals surface area contributed by atoms with E-state index < -0.39 is 5.25 Å². The fourth-order valence-corrected chi connectivity index (χ4v) is 4.36. The predicted molar refractivity (Wildman–Crippen MR) is 108 cm³/mol. The number of amides is 1. The van der Waals surface area contributed by atoms with Crippen molar-refractivity contribution in [1.29, 1.82) is 0 Å². The molecule has 1 aliphatic rings. The van der Waals surface area contributed by atoms with Gasteiger partial charge in [0.1, 0.15) is 16.9 Å². The van der Waals surface area contributed by atoms with Crippen molar-refractivity contribution >= 4 is 23.4 Å². The van der Waals surface area contributed by atoms with Gasteiger partial charge in [-0.2, -0.15) is 0 Å². The number of nitrogens with one attached hydrogen (secondary N) is 2. The molecule has 2 aromatic carbocycles. The van der Waals surface area contributed by atoms with Crippen molar-refractivity contribution in [2.24, 2.45) is 0 Å². The molecule has 5 nitrogen and oxygen atoms in total. The zero-order chi connectivity index (χ0) is 19.3. The van der Waals surface area contributed by atoms with Gasteiger partial charge in [0.2, 0.25) is 11.1 Å². The van der Waals surface area contributed by atoms with E-state index in [0.29, 0.717) is 16.8 Å². The average Bonchev–Trinajstić information content (AvgIpc) is 3.40. The lowest BCUT2D eigenvalue weighted by Gasteiger charge is -2.15. The third kappa shape index (κ3) is 4.42. The van der Waals surface area contributed by atoms with E-state index in [1.54, 1.807) is 12.1 Å². The Morgan fingerprint density at radius 2 is 1.82 bits per heavy atom. The summed E-state index contributed by atoms with van der Waals surface area (Å²) >= 11 is 1.31. The molecule has 0 bridgehead atoms. The molecule has 0 unspecified atom stereocenters. The molecule has 0 saturated heterocycles. The van der Waals surface area contributed by atoms with Gasteiger partial charge in [0.05, 0.1) is 0 Å². The monoisotopic (exact) mass is 396 g/mol. The molecule has 7 heteroatoms. The van der Waals surface area contributed by atoms with Crippen LogP contribution in [-0.4, -0.2) is 21.1 Å². The minimum atomic E-state index is -0.515. The summed E-state index contributed by atoms with van der Waals surface area (Å²) in [7, 11) is 0. The predicted octanol–water partition coefficient (Wildman–Crippen LogP) is 5.07. The van der Waals surface area contributed by atoms with Crippen molar-refractivity contribution in [3.8, 4) is 0 Å². The molecule has 3 aromatic rings. The first-order chi connectivity index (χ1) is 13.7. The first kappa shape index (κ1) is 18.7. The number of thioether (sulfide) groups is 1. The van der Waals surface area contributed by atoms with Crippen LogP contribution in [0.25, 0.3) is 0 Å². The van der Waals surface area contributed by atoms with Gasteiger partial charge in [0.25, 0.3) is 0 Å². The molecule has 1 aliphatic carbocycles. The van der Waals surface area contributed by atoms with Crippen LogP contribution in [0.4, 0.5) is 10.1 Å². The Bertz CT molecular complexity index is 923. The van der Waals surface area contributed by atoms with E-state index in [-0.39, 0.29) is 11.7 Å². The van der Waals surface area contributed by atoms with E-state index in [2.05, 4.69) is 20.5 Å². The number of carbonyl (C=O) groups excluding carboxylic acids is 1. The molecule has 1 fully saturated rings. The zero-order valence-corrected chi connectivity index (χ0v) is 16.1. The van der Waals surface area contributed by atoms with Crippen LogP contribution in [0.2, 0.25) is 0 Å². The summed E-state index contributed by atoms with van der Waals surface area (Å²) in [6.45, 7) is 0. The lowest BCUT2D eigenvalue weighted by molar-refractivity contribution is -0.115. The molecule has 0 spiro atoms. The van der Waals surface area contributed by atoms with Gasteiger partial charge in [-0.15, -0.1) is 5.10 Å². The highest BCUT2D eigenvalue weighted by atomic mass is 32.2. The zero-order valence-electron chi connectivity index (χ0n) is 15.3. The molecular weight excluding hydrogens is 375 g/mol. The summed E-state index contributed by atoms with van der Waals surface area (Å²) in [6, 6.07) is 15.3. The number of rotatable bonds is 6. The molecule has 1 saturated carbocycles. The second kappa shape index (κ2) is 8.56. The van der Waals surface area contributed by atoms with E-state index >= 15 is 0 Å². The van der Waals surface area contributed by atoms with Crippen molar-refractivity contribution in [2.75, 3.05) is 5.32 Å². The number of anilines is 1. The summed E-state index contributed by atoms with van der Waals surface area (Å²) in [6.07, 6.45) is 4.71. The minimum Gasteiger partial charge on any atom is -0.325 e. The van der Waals surface area contributed by atoms with Crippen LogP contribution < -0.4 is 5.32 Å². The molecule has 1 atom stereocenters. The molecule has 28 heavy (non-hydrogen) atoms. The molecule has 0 aliphatic heterocycles. The molecule has 0 radical (unpaired) electrons. The number of aromatic nitrogens is 3. The number of hydrogen-bond acceptors (Lipinski definition) is 4. The Balaban J connectivity index is 1.53. The highest BCUT2D eigenvalue weighted by Gasteiger charge is 2.26. The summed E-state index contributed by atoms with van der Waals surface area (Å²) in [4.78, 5) is 17.6. The van der Waals surface area contributed by atoms with Gasteiger partial charge in [-0.25, -0.2) is 9.37 Å². The number of benzene rings is 2. The molecule has 1 amide bonds. The van der Waals surface area contributed by atoms with Crippen LogP contribution in [0.15, 0.2) is 59.8 Å². The summed E-state index contributed by atoms with van der Waals surface area (Å²) in [5.74, 6) is 0.804. The van der Waals surface area contributed by atoms with Gasteiger partial charge in [0.15, 0.2) is 0 Å². The van der Waals surface area contributed by atoms with Gasteiger partial charge >= 0.3 is 0 Å². The van der Waals surface area contributed by atoms with Gasteiger partial charge in [-0.05, 0) is 42.7 Å². The van der Waals surface area contributed by atoms with E-state index in [4.69, 9.17) is 0 Å². The highest BCUT2D eigenvalue weighted by molar-refractivity contribution is 8.00. The summed E-state index contributed by atoms with van der Waals surface area (Å²) in [5.41, 5.74) is 1.41. The Labute approximate surface area is 167 Å². The quantitative estimate of drug-likeness (QED) is 0.571. The van der Waals surface area contributed by atoms with E-state index in [1.807, 2.05) is 30.3 Å². The van der Waals surface area contributed by atoms with Gasteiger partial charge in [-0.1, -0.05) is 54.9 Å². The lowest BCUT2D eigenvalue weighted by Crippen LogP contribution is -2.19. The number of halogens is 1. The van der Waals surface area contributed by atoms with Crippen molar-refractivity contribution in [2.45, 2.75) is 42.0 Å². The Kier molecular flexibility index (Phi) is 5.71. The lowest BCUT2D eigenvalue weighted by atomic mass is 10.1. The molecular formula is C21H21FN4OS. The second-order valence-corrected chi connectivity index (χ2v) is 7.96. The van der Waals surface area contributed by atoms with E-state index in [9.17, 15) is 9.18 Å². The van der Waals surface area contributed by atoms with Crippen LogP contribution in [0.1, 0.15) is 48.2 Å². The number of carbonyl (C=O) groups is 1. The van der Waals surface area contributed by atoms with Crippen molar-refractivity contribution in [3.05, 3.63) is 71.8 Å². The average molecular weight is 396 g/mol. The van der Waals surface area contributed by atoms with Gasteiger partial charge in [0, 0.05) is 11.6 Å². The maximum Gasteiger partial charge on any atom is 0.242 e. The maximum atomic E-state index is 13.1. The van der Waals surface area contributed by atoms with Gasteiger partial charge < -0.3 is 5.32 Å². The Hall–Kier alpha value is -2.67. The third-order valence-corrected chi connectivity index (χ3v) is 6.01. The van der Waals surface area contributed by atoms with Crippen LogP contribution in [0.3, 0.4) is 0 Å². The Morgan fingerprint density at radius 1 is 1.11 bits per heavy atom. The first-order valence-corrected chi connectivity index (χ1v) is 10.3.